The summed E-state index contributed by atoms with van der Waals surface area (Å²) in [6.07, 6.45) is 0. The van der Waals surface area contributed by atoms with E-state index < -0.39 is 0 Å². The van der Waals surface area contributed by atoms with E-state index in [4.69, 9.17) is 0 Å². The molecule has 4 rings (SSSR count). The molecule has 4 heteroatoms. The van der Waals surface area contributed by atoms with E-state index in [1.165, 1.54) is 29.4 Å². The summed E-state index contributed by atoms with van der Waals surface area (Å²) in [5, 5.41) is 3.43. The maximum absolute atomic E-state index is 11.5. The zero-order valence-corrected chi connectivity index (χ0v) is 15.7. The van der Waals surface area contributed by atoms with E-state index in [1.807, 2.05) is 48.5 Å². The molecule has 132 valence electrons. The minimum absolute atomic E-state index is 0.116. The van der Waals surface area contributed by atoms with Crippen molar-refractivity contribution in [2.75, 3.05) is 5.32 Å². The Balaban J connectivity index is 1.76. The Labute approximate surface area is 162 Å². The Hall–Kier alpha value is -3.24. The topological polar surface area (TPSA) is 42.0 Å². The number of thiazole rings is 1. The highest BCUT2D eigenvalue weighted by Gasteiger charge is 2.15. The van der Waals surface area contributed by atoms with Crippen molar-refractivity contribution in [2.24, 2.45) is 0 Å². The number of amides is 1. The summed E-state index contributed by atoms with van der Waals surface area (Å²) in [6, 6.07) is 28.8. The molecule has 4 aromatic rings. The Kier molecular flexibility index (Phi) is 4.81. The van der Waals surface area contributed by atoms with Crippen LogP contribution in [0.4, 0.5) is 5.13 Å². The van der Waals surface area contributed by atoms with Gasteiger partial charge in [-0.3, -0.25) is 4.79 Å². The van der Waals surface area contributed by atoms with Crippen molar-refractivity contribution in [3.8, 4) is 32.8 Å². The van der Waals surface area contributed by atoms with E-state index in [-0.39, 0.29) is 5.91 Å². The van der Waals surface area contributed by atoms with Gasteiger partial charge in [-0.1, -0.05) is 96.3 Å². The van der Waals surface area contributed by atoms with Crippen molar-refractivity contribution in [1.29, 1.82) is 0 Å². The summed E-state index contributed by atoms with van der Waals surface area (Å²) in [6.45, 7) is 1.50. The van der Waals surface area contributed by atoms with Crippen molar-refractivity contribution >= 4 is 22.4 Å². The second kappa shape index (κ2) is 7.56. The molecule has 0 saturated heterocycles. The molecular formula is C23H18N2OS. The Morgan fingerprint density at radius 1 is 0.741 bits per heavy atom. The molecule has 1 heterocycles. The first-order valence-electron chi connectivity index (χ1n) is 8.70. The fourth-order valence-electron chi connectivity index (χ4n) is 2.96. The molecule has 0 aliphatic heterocycles. The van der Waals surface area contributed by atoms with Crippen LogP contribution in [0.25, 0.3) is 32.8 Å². The molecule has 0 fully saturated rings. The molecule has 3 nitrogen and oxygen atoms in total. The number of benzene rings is 3. The van der Waals surface area contributed by atoms with Gasteiger partial charge in [0, 0.05) is 12.5 Å². The number of hydrogen-bond acceptors (Lipinski definition) is 3. The zero-order valence-electron chi connectivity index (χ0n) is 14.8. The van der Waals surface area contributed by atoms with Gasteiger partial charge in [0.1, 0.15) is 0 Å². The van der Waals surface area contributed by atoms with Crippen LogP contribution in [0.3, 0.4) is 0 Å². The van der Waals surface area contributed by atoms with E-state index in [9.17, 15) is 4.79 Å². The molecule has 0 aliphatic rings. The predicted molar refractivity (Wildman–Crippen MR) is 113 cm³/mol. The van der Waals surface area contributed by atoms with Crippen molar-refractivity contribution in [1.82, 2.24) is 4.98 Å². The summed E-state index contributed by atoms with van der Waals surface area (Å²) < 4.78 is 0. The van der Waals surface area contributed by atoms with Crippen molar-refractivity contribution in [3.63, 3.8) is 0 Å². The van der Waals surface area contributed by atoms with Crippen LogP contribution >= 0.6 is 11.3 Å². The first-order chi connectivity index (χ1) is 13.2. The molecule has 1 amide bonds. The van der Waals surface area contributed by atoms with Crippen molar-refractivity contribution in [2.45, 2.75) is 6.92 Å². The van der Waals surface area contributed by atoms with Crippen molar-refractivity contribution in [3.05, 3.63) is 84.9 Å². The summed E-state index contributed by atoms with van der Waals surface area (Å²) in [4.78, 5) is 17.2. The fourth-order valence-corrected chi connectivity index (χ4v) is 4.00. The lowest BCUT2D eigenvalue weighted by Crippen LogP contribution is -2.04. The monoisotopic (exact) mass is 370 g/mol. The lowest BCUT2D eigenvalue weighted by atomic mass is 10.0. The lowest BCUT2D eigenvalue weighted by Gasteiger charge is -2.05. The molecule has 1 aromatic heterocycles. The molecule has 0 aliphatic carbocycles. The molecule has 1 N–H and O–H groups in total. The van der Waals surface area contributed by atoms with Gasteiger partial charge in [-0.05, 0) is 16.7 Å². The van der Waals surface area contributed by atoms with E-state index >= 15 is 0 Å². The van der Waals surface area contributed by atoms with E-state index in [0.717, 1.165) is 21.7 Å². The van der Waals surface area contributed by atoms with Gasteiger partial charge in [0.2, 0.25) is 5.91 Å². The fraction of sp³-hybridized carbons (Fsp3) is 0.0435. The van der Waals surface area contributed by atoms with Crippen LogP contribution in [-0.4, -0.2) is 10.9 Å². The molecule has 0 unspecified atom stereocenters. The molecule has 0 bridgehead atoms. The molecule has 0 radical (unpaired) electrons. The normalized spacial score (nSPS) is 10.6. The Morgan fingerprint density at radius 3 is 1.85 bits per heavy atom. The van der Waals surface area contributed by atoms with Gasteiger partial charge in [0.25, 0.3) is 0 Å². The predicted octanol–water partition coefficient (Wildman–Crippen LogP) is 6.10. The van der Waals surface area contributed by atoms with E-state index in [2.05, 4.69) is 46.7 Å². The number of carbonyl (C=O) groups excluding carboxylic acids is 1. The first kappa shape index (κ1) is 17.2. The summed E-state index contributed by atoms with van der Waals surface area (Å²) >= 11 is 1.49. The SMILES string of the molecule is CC(=O)Nc1nc(-c2ccccc2)c(-c2ccc(-c3ccccc3)cc2)s1. The number of nitrogens with zero attached hydrogens (tertiary/aromatic N) is 1. The number of aromatic nitrogens is 1. The van der Waals surface area contributed by atoms with Crippen LogP contribution < -0.4 is 5.32 Å². The second-order valence-corrected chi connectivity index (χ2v) is 7.19. The summed E-state index contributed by atoms with van der Waals surface area (Å²) in [7, 11) is 0. The standard InChI is InChI=1S/C23H18N2OS/c1-16(26)24-23-25-21(19-10-6-3-7-11-19)22(27-23)20-14-12-18(13-15-20)17-8-4-2-5-9-17/h2-15H,1H3,(H,24,25,26). The Bertz CT molecular complexity index is 1050. The minimum Gasteiger partial charge on any atom is -0.302 e. The van der Waals surface area contributed by atoms with Gasteiger partial charge >= 0.3 is 0 Å². The number of nitrogens with one attached hydrogen (secondary N) is 1. The summed E-state index contributed by atoms with van der Waals surface area (Å²) in [5.74, 6) is -0.116. The maximum Gasteiger partial charge on any atom is 0.223 e. The third-order valence-corrected chi connectivity index (χ3v) is 5.23. The molecule has 0 spiro atoms. The van der Waals surface area contributed by atoms with Crippen LogP contribution in [0.2, 0.25) is 0 Å². The quantitative estimate of drug-likeness (QED) is 0.471. The molecular weight excluding hydrogens is 352 g/mol. The highest BCUT2D eigenvalue weighted by molar-refractivity contribution is 7.19. The average molecular weight is 370 g/mol. The third kappa shape index (κ3) is 3.81. The maximum atomic E-state index is 11.5. The Morgan fingerprint density at radius 2 is 1.26 bits per heavy atom. The largest absolute Gasteiger partial charge is 0.302 e. The molecule has 27 heavy (non-hydrogen) atoms. The summed E-state index contributed by atoms with van der Waals surface area (Å²) in [5.41, 5.74) is 5.37. The number of anilines is 1. The van der Waals surface area contributed by atoms with Crippen molar-refractivity contribution < 1.29 is 4.79 Å². The van der Waals surface area contributed by atoms with Crippen LogP contribution in [-0.2, 0) is 4.79 Å². The van der Waals surface area contributed by atoms with Gasteiger partial charge in [0.05, 0.1) is 10.6 Å². The van der Waals surface area contributed by atoms with Crippen LogP contribution in [0.5, 0.6) is 0 Å². The molecule has 0 saturated carbocycles. The van der Waals surface area contributed by atoms with Gasteiger partial charge in [-0.25, -0.2) is 4.98 Å². The molecule has 0 atom stereocenters. The molecule has 3 aromatic carbocycles. The number of hydrogen-bond donors (Lipinski definition) is 1. The smallest absolute Gasteiger partial charge is 0.223 e. The van der Waals surface area contributed by atoms with Gasteiger partial charge in [-0.2, -0.15) is 0 Å². The van der Waals surface area contributed by atoms with Gasteiger partial charge < -0.3 is 5.32 Å². The first-order valence-corrected chi connectivity index (χ1v) is 9.52. The van der Waals surface area contributed by atoms with Crippen LogP contribution in [0.15, 0.2) is 84.9 Å². The highest BCUT2D eigenvalue weighted by Crippen LogP contribution is 2.39. The van der Waals surface area contributed by atoms with E-state index in [1.54, 1.807) is 0 Å². The number of rotatable bonds is 4. The third-order valence-electron chi connectivity index (χ3n) is 4.21. The minimum atomic E-state index is -0.116. The van der Waals surface area contributed by atoms with Gasteiger partial charge in [0.15, 0.2) is 5.13 Å². The van der Waals surface area contributed by atoms with Crippen LogP contribution in [0.1, 0.15) is 6.92 Å². The van der Waals surface area contributed by atoms with Gasteiger partial charge in [-0.15, -0.1) is 0 Å². The highest BCUT2D eigenvalue weighted by atomic mass is 32.1. The average Bonchev–Trinajstić information content (AvgIpc) is 3.12. The second-order valence-electron chi connectivity index (χ2n) is 6.19. The zero-order chi connectivity index (χ0) is 18.6. The lowest BCUT2D eigenvalue weighted by molar-refractivity contribution is -0.114. The number of carbonyl (C=O) groups is 1. The van der Waals surface area contributed by atoms with E-state index in [0.29, 0.717) is 5.13 Å². The van der Waals surface area contributed by atoms with Crippen LogP contribution in [0, 0.1) is 0 Å².